The summed E-state index contributed by atoms with van der Waals surface area (Å²) in [5.41, 5.74) is 1.39. The molecule has 3 rings (SSSR count). The summed E-state index contributed by atoms with van der Waals surface area (Å²) >= 11 is 0. The lowest BCUT2D eigenvalue weighted by atomic mass is 9.81. The molecule has 1 aliphatic rings. The molecule has 0 bridgehead atoms. The van der Waals surface area contributed by atoms with Crippen LogP contribution >= 0.6 is 0 Å². The van der Waals surface area contributed by atoms with Gasteiger partial charge in [0.25, 0.3) is 5.91 Å². The van der Waals surface area contributed by atoms with Crippen molar-refractivity contribution in [2.24, 2.45) is 5.92 Å². The third kappa shape index (κ3) is 4.42. The fourth-order valence-electron chi connectivity index (χ4n) is 2.68. The van der Waals surface area contributed by atoms with Crippen LogP contribution in [0.25, 0.3) is 0 Å². The molecule has 0 aliphatic heterocycles. The van der Waals surface area contributed by atoms with E-state index < -0.39 is 5.92 Å². The zero-order valence-corrected chi connectivity index (χ0v) is 13.4. The van der Waals surface area contributed by atoms with Crippen LogP contribution in [0.1, 0.15) is 34.3 Å². The van der Waals surface area contributed by atoms with Crippen LogP contribution in [0.4, 0.5) is 13.2 Å². The Balaban J connectivity index is 1.57. The highest BCUT2D eigenvalue weighted by atomic mass is 19.3. The number of amides is 1. The topological polar surface area (TPSA) is 29.1 Å². The highest BCUT2D eigenvalue weighted by Crippen LogP contribution is 2.41. The Labute approximate surface area is 144 Å². The second kappa shape index (κ2) is 7.02. The van der Waals surface area contributed by atoms with Crippen molar-refractivity contribution >= 4 is 5.91 Å². The van der Waals surface area contributed by atoms with Crippen molar-refractivity contribution in [3.05, 3.63) is 71.0 Å². The molecule has 0 heterocycles. The molecule has 2 aromatic rings. The first-order valence-electron chi connectivity index (χ1n) is 7.96. The van der Waals surface area contributed by atoms with Gasteiger partial charge in [-0.2, -0.15) is 0 Å². The standard InChI is InChI=1S/C20H16F3NO/c21-18-4-2-1-3-16(18)8-5-14-6-9-17(10-7-14)19(25)24-13-15-11-20(22,23)12-15/h1-4,6-7,9-10,15H,11-13H2,(H,24,25). The van der Waals surface area contributed by atoms with Crippen LogP contribution in [-0.4, -0.2) is 18.4 Å². The second-order valence-electron chi connectivity index (χ2n) is 6.15. The Morgan fingerprint density at radius 2 is 1.76 bits per heavy atom. The van der Waals surface area contributed by atoms with Crippen LogP contribution in [-0.2, 0) is 0 Å². The number of rotatable bonds is 3. The number of alkyl halides is 2. The SMILES string of the molecule is O=C(NCC1CC(F)(F)C1)c1ccc(C#Cc2ccccc2F)cc1. The predicted molar refractivity (Wildman–Crippen MR) is 88.8 cm³/mol. The minimum absolute atomic E-state index is 0.162. The van der Waals surface area contributed by atoms with Gasteiger partial charge in [-0.1, -0.05) is 24.0 Å². The molecule has 2 nitrogen and oxygen atoms in total. The third-order valence-corrected chi connectivity index (χ3v) is 4.09. The highest BCUT2D eigenvalue weighted by Gasteiger charge is 2.44. The third-order valence-electron chi connectivity index (χ3n) is 4.09. The number of hydrogen-bond acceptors (Lipinski definition) is 1. The number of nitrogens with one attached hydrogen (secondary N) is 1. The summed E-state index contributed by atoms with van der Waals surface area (Å²) < 4.78 is 39.0. The van der Waals surface area contributed by atoms with E-state index in [-0.39, 0.29) is 37.0 Å². The summed E-state index contributed by atoms with van der Waals surface area (Å²) in [6.45, 7) is 0.253. The van der Waals surface area contributed by atoms with Crippen LogP contribution in [0.15, 0.2) is 48.5 Å². The normalized spacial score (nSPS) is 15.6. The minimum atomic E-state index is -2.58. The van der Waals surface area contributed by atoms with Gasteiger partial charge in [-0.05, 0) is 42.3 Å². The number of benzene rings is 2. The smallest absolute Gasteiger partial charge is 0.251 e. The molecule has 0 radical (unpaired) electrons. The Morgan fingerprint density at radius 1 is 1.08 bits per heavy atom. The van der Waals surface area contributed by atoms with Gasteiger partial charge in [-0.15, -0.1) is 0 Å². The lowest BCUT2D eigenvalue weighted by Crippen LogP contribution is -2.42. The van der Waals surface area contributed by atoms with Gasteiger partial charge in [0.15, 0.2) is 0 Å². The lowest BCUT2D eigenvalue weighted by Gasteiger charge is -2.34. The van der Waals surface area contributed by atoms with Crippen molar-refractivity contribution < 1.29 is 18.0 Å². The first-order valence-corrected chi connectivity index (χ1v) is 7.96. The molecular weight excluding hydrogens is 327 g/mol. The molecule has 0 spiro atoms. The zero-order valence-electron chi connectivity index (χ0n) is 13.4. The molecule has 1 fully saturated rings. The summed E-state index contributed by atoms with van der Waals surface area (Å²) in [5.74, 6) is 2.16. The Hall–Kier alpha value is -2.74. The highest BCUT2D eigenvalue weighted by molar-refractivity contribution is 5.94. The van der Waals surface area contributed by atoms with Crippen molar-refractivity contribution in [2.45, 2.75) is 18.8 Å². The van der Waals surface area contributed by atoms with E-state index in [4.69, 9.17) is 0 Å². The van der Waals surface area contributed by atoms with Gasteiger partial charge in [0.2, 0.25) is 5.92 Å². The van der Waals surface area contributed by atoms with E-state index in [9.17, 15) is 18.0 Å². The molecule has 25 heavy (non-hydrogen) atoms. The van der Waals surface area contributed by atoms with Crippen molar-refractivity contribution in [1.29, 1.82) is 0 Å². The van der Waals surface area contributed by atoms with Gasteiger partial charge >= 0.3 is 0 Å². The lowest BCUT2D eigenvalue weighted by molar-refractivity contribution is -0.108. The number of halogens is 3. The Kier molecular flexibility index (Phi) is 4.80. The van der Waals surface area contributed by atoms with Crippen molar-refractivity contribution in [1.82, 2.24) is 5.32 Å². The Bertz CT molecular complexity index is 826. The van der Waals surface area contributed by atoms with Crippen LogP contribution in [0.5, 0.6) is 0 Å². The molecule has 0 unspecified atom stereocenters. The van der Waals surface area contributed by atoms with Crippen molar-refractivity contribution in [3.63, 3.8) is 0 Å². The summed E-state index contributed by atoms with van der Waals surface area (Å²) in [4.78, 5) is 12.0. The maximum atomic E-state index is 13.5. The minimum Gasteiger partial charge on any atom is -0.352 e. The summed E-state index contributed by atoms with van der Waals surface area (Å²) in [6, 6.07) is 12.8. The molecule has 1 aliphatic carbocycles. The quantitative estimate of drug-likeness (QED) is 0.839. The molecule has 0 atom stereocenters. The molecule has 0 aromatic heterocycles. The summed E-state index contributed by atoms with van der Waals surface area (Å²) in [7, 11) is 0. The van der Waals surface area contributed by atoms with E-state index in [1.54, 1.807) is 42.5 Å². The summed E-state index contributed by atoms with van der Waals surface area (Å²) in [5, 5.41) is 2.67. The zero-order chi connectivity index (χ0) is 17.9. The van der Waals surface area contributed by atoms with Gasteiger partial charge in [0.1, 0.15) is 5.82 Å². The number of hydrogen-bond donors (Lipinski definition) is 1. The monoisotopic (exact) mass is 343 g/mol. The fourth-order valence-corrected chi connectivity index (χ4v) is 2.68. The van der Waals surface area contributed by atoms with E-state index in [0.717, 1.165) is 0 Å². The van der Waals surface area contributed by atoms with E-state index in [1.165, 1.54) is 6.07 Å². The molecule has 1 saturated carbocycles. The molecule has 2 aromatic carbocycles. The molecule has 1 amide bonds. The Morgan fingerprint density at radius 3 is 2.40 bits per heavy atom. The maximum absolute atomic E-state index is 13.5. The van der Waals surface area contributed by atoms with Gasteiger partial charge in [-0.25, -0.2) is 13.2 Å². The van der Waals surface area contributed by atoms with Gasteiger partial charge in [0.05, 0.1) is 5.56 Å². The van der Waals surface area contributed by atoms with E-state index in [0.29, 0.717) is 16.7 Å². The van der Waals surface area contributed by atoms with Crippen molar-refractivity contribution in [3.8, 4) is 11.8 Å². The van der Waals surface area contributed by atoms with E-state index in [2.05, 4.69) is 17.2 Å². The van der Waals surface area contributed by atoms with Crippen LogP contribution < -0.4 is 5.32 Å². The van der Waals surface area contributed by atoms with Gasteiger partial charge in [-0.3, -0.25) is 4.79 Å². The molecule has 1 N–H and O–H groups in total. The molecule has 5 heteroatoms. The fraction of sp³-hybridized carbons (Fsp3) is 0.250. The van der Waals surface area contributed by atoms with Crippen LogP contribution in [0.2, 0.25) is 0 Å². The summed E-state index contributed by atoms with van der Waals surface area (Å²) in [6.07, 6.45) is -0.338. The largest absolute Gasteiger partial charge is 0.352 e. The average molecular weight is 343 g/mol. The molecule has 0 saturated heterocycles. The average Bonchev–Trinajstić information content (AvgIpc) is 2.57. The van der Waals surface area contributed by atoms with Crippen LogP contribution in [0, 0.1) is 23.6 Å². The van der Waals surface area contributed by atoms with Crippen molar-refractivity contribution in [2.75, 3.05) is 6.54 Å². The van der Waals surface area contributed by atoms with Gasteiger partial charge < -0.3 is 5.32 Å². The first kappa shape index (κ1) is 17.1. The van der Waals surface area contributed by atoms with Gasteiger partial charge in [0, 0.05) is 30.5 Å². The van der Waals surface area contributed by atoms with Crippen LogP contribution in [0.3, 0.4) is 0 Å². The first-order chi connectivity index (χ1) is 11.9. The predicted octanol–water partition coefficient (Wildman–Crippen LogP) is 4.00. The molecule has 128 valence electrons. The maximum Gasteiger partial charge on any atom is 0.251 e. The second-order valence-corrected chi connectivity index (χ2v) is 6.15. The van der Waals surface area contributed by atoms with E-state index in [1.807, 2.05) is 0 Å². The van der Waals surface area contributed by atoms with E-state index >= 15 is 0 Å². The number of carbonyl (C=O) groups excluding carboxylic acids is 1. The molecular formula is C20H16F3NO. The number of carbonyl (C=O) groups is 1.